The molecule has 0 radical (unpaired) electrons. The molecule has 8 heteroatoms. The Bertz CT molecular complexity index is 767. The van der Waals surface area contributed by atoms with Gasteiger partial charge in [0.05, 0.1) is 19.2 Å². The summed E-state index contributed by atoms with van der Waals surface area (Å²) in [5.41, 5.74) is 0.536. The smallest absolute Gasteiger partial charge is 0.252 e. The molecule has 0 aliphatic carbocycles. The highest BCUT2D eigenvalue weighted by Crippen LogP contribution is 2.19. The van der Waals surface area contributed by atoms with Gasteiger partial charge in [-0.25, -0.2) is 0 Å². The Labute approximate surface area is 165 Å². The van der Waals surface area contributed by atoms with E-state index in [9.17, 15) is 4.79 Å². The van der Waals surface area contributed by atoms with Crippen molar-refractivity contribution < 1.29 is 14.3 Å². The van der Waals surface area contributed by atoms with E-state index in [1.165, 1.54) is 6.20 Å². The summed E-state index contributed by atoms with van der Waals surface area (Å²) in [6.45, 7) is 3.54. The molecule has 0 bridgehead atoms. The molecule has 1 aromatic heterocycles. The first-order chi connectivity index (χ1) is 13.6. The van der Waals surface area contributed by atoms with Crippen LogP contribution in [0, 0.1) is 0 Å². The molecule has 0 spiro atoms. The summed E-state index contributed by atoms with van der Waals surface area (Å²) in [6.07, 6.45) is 3.09. The van der Waals surface area contributed by atoms with Crippen molar-refractivity contribution in [1.82, 2.24) is 20.9 Å². The average Bonchev–Trinajstić information content (AvgIpc) is 2.73. The zero-order chi connectivity index (χ0) is 20.2. The van der Waals surface area contributed by atoms with Crippen LogP contribution in [0.2, 0.25) is 0 Å². The Balaban J connectivity index is 1.67. The van der Waals surface area contributed by atoms with E-state index in [2.05, 4.69) is 25.9 Å². The zero-order valence-corrected chi connectivity index (χ0v) is 16.4. The lowest BCUT2D eigenvalue weighted by atomic mass is 10.3. The molecule has 1 unspecified atom stereocenters. The molecule has 1 heterocycles. The molecule has 0 aliphatic rings. The number of methoxy groups -OCH3 is 1. The van der Waals surface area contributed by atoms with E-state index in [4.69, 9.17) is 9.47 Å². The molecule has 150 valence electrons. The van der Waals surface area contributed by atoms with Crippen LogP contribution in [0.3, 0.4) is 0 Å². The first-order valence-corrected chi connectivity index (χ1v) is 9.06. The highest BCUT2D eigenvalue weighted by Gasteiger charge is 2.07. The molecule has 8 nitrogen and oxygen atoms in total. The molecule has 2 aromatic rings. The minimum Gasteiger partial charge on any atom is -0.497 e. The maximum absolute atomic E-state index is 11.9. The first kappa shape index (κ1) is 21.0. The van der Waals surface area contributed by atoms with Crippen molar-refractivity contribution in [3.63, 3.8) is 0 Å². The number of hydrogen-bond acceptors (Lipinski definition) is 5. The second kappa shape index (κ2) is 11.4. The van der Waals surface area contributed by atoms with Crippen molar-refractivity contribution in [2.75, 3.05) is 33.8 Å². The number of rotatable bonds is 9. The van der Waals surface area contributed by atoms with E-state index in [1.807, 2.05) is 31.2 Å². The van der Waals surface area contributed by atoms with Gasteiger partial charge in [-0.2, -0.15) is 0 Å². The van der Waals surface area contributed by atoms with E-state index in [-0.39, 0.29) is 12.0 Å². The summed E-state index contributed by atoms with van der Waals surface area (Å²) >= 11 is 0. The Kier molecular flexibility index (Phi) is 8.58. The van der Waals surface area contributed by atoms with Crippen LogP contribution in [0.25, 0.3) is 0 Å². The minimum atomic E-state index is -0.154. The van der Waals surface area contributed by atoms with E-state index >= 15 is 0 Å². The van der Waals surface area contributed by atoms with Crippen LogP contribution in [0.5, 0.6) is 11.5 Å². The number of nitrogens with one attached hydrogen (secondary N) is 3. The van der Waals surface area contributed by atoms with Gasteiger partial charge >= 0.3 is 0 Å². The van der Waals surface area contributed by atoms with Gasteiger partial charge in [0.15, 0.2) is 5.96 Å². The quantitative estimate of drug-likeness (QED) is 0.343. The molecule has 28 heavy (non-hydrogen) atoms. The van der Waals surface area contributed by atoms with E-state index in [0.29, 0.717) is 31.2 Å². The second-order valence-electron chi connectivity index (χ2n) is 5.98. The molecule has 0 fully saturated rings. The number of nitrogens with zero attached hydrogens (tertiary/aromatic N) is 2. The number of carbonyl (C=O) groups excluding carboxylic acids is 1. The number of benzene rings is 1. The van der Waals surface area contributed by atoms with Crippen molar-refractivity contribution >= 4 is 11.9 Å². The van der Waals surface area contributed by atoms with Crippen LogP contribution in [-0.4, -0.2) is 56.7 Å². The third kappa shape index (κ3) is 7.14. The summed E-state index contributed by atoms with van der Waals surface area (Å²) < 4.78 is 11.1. The molecule has 0 saturated carbocycles. The Morgan fingerprint density at radius 3 is 2.64 bits per heavy atom. The van der Waals surface area contributed by atoms with E-state index < -0.39 is 0 Å². The number of aliphatic imine (C=N–C) groups is 1. The normalized spacial score (nSPS) is 12.0. The van der Waals surface area contributed by atoms with Gasteiger partial charge in [0.1, 0.15) is 17.6 Å². The number of pyridine rings is 1. The molecule has 1 amide bonds. The monoisotopic (exact) mass is 385 g/mol. The molecule has 2 rings (SSSR count). The van der Waals surface area contributed by atoms with Crippen molar-refractivity contribution in [2.24, 2.45) is 4.99 Å². The Hall–Kier alpha value is -3.29. The third-order valence-corrected chi connectivity index (χ3v) is 3.79. The van der Waals surface area contributed by atoms with E-state index in [0.717, 1.165) is 11.5 Å². The van der Waals surface area contributed by atoms with Gasteiger partial charge in [-0.15, -0.1) is 0 Å². The fourth-order valence-electron chi connectivity index (χ4n) is 2.37. The van der Waals surface area contributed by atoms with Gasteiger partial charge < -0.3 is 25.4 Å². The fraction of sp³-hybridized carbons (Fsp3) is 0.350. The van der Waals surface area contributed by atoms with Gasteiger partial charge in [0.25, 0.3) is 5.91 Å². The molecular formula is C20H27N5O3. The van der Waals surface area contributed by atoms with Crippen LogP contribution >= 0.6 is 0 Å². The highest BCUT2D eigenvalue weighted by atomic mass is 16.5. The number of ether oxygens (including phenoxy) is 2. The van der Waals surface area contributed by atoms with Crippen molar-refractivity contribution in [1.29, 1.82) is 0 Å². The lowest BCUT2D eigenvalue weighted by Gasteiger charge is -2.18. The molecule has 1 aromatic carbocycles. The van der Waals surface area contributed by atoms with Crippen LogP contribution in [-0.2, 0) is 0 Å². The largest absolute Gasteiger partial charge is 0.497 e. The fourth-order valence-corrected chi connectivity index (χ4v) is 2.37. The Morgan fingerprint density at radius 2 is 1.93 bits per heavy atom. The second-order valence-corrected chi connectivity index (χ2v) is 5.98. The molecule has 0 saturated heterocycles. The number of hydrogen-bond donors (Lipinski definition) is 3. The maximum atomic E-state index is 11.9. The van der Waals surface area contributed by atoms with Crippen LogP contribution in [0.4, 0.5) is 0 Å². The molecule has 0 aliphatic heterocycles. The van der Waals surface area contributed by atoms with Gasteiger partial charge in [-0.05, 0) is 31.2 Å². The minimum absolute atomic E-state index is 0.0732. The lowest BCUT2D eigenvalue weighted by Crippen LogP contribution is -2.44. The summed E-state index contributed by atoms with van der Waals surface area (Å²) in [6, 6.07) is 10.9. The van der Waals surface area contributed by atoms with Gasteiger partial charge in [-0.1, -0.05) is 6.07 Å². The summed E-state index contributed by atoms with van der Waals surface area (Å²) in [5.74, 6) is 1.98. The van der Waals surface area contributed by atoms with Crippen LogP contribution in [0.1, 0.15) is 17.3 Å². The number of aromatic nitrogens is 1. The third-order valence-electron chi connectivity index (χ3n) is 3.79. The van der Waals surface area contributed by atoms with Gasteiger partial charge in [0.2, 0.25) is 0 Å². The SMILES string of the molecule is CN=C(NCCNC(=O)c1cccnc1)NCC(C)Oc1cccc(OC)c1. The molecule has 3 N–H and O–H groups in total. The van der Waals surface area contributed by atoms with Crippen molar-refractivity contribution in [2.45, 2.75) is 13.0 Å². The zero-order valence-electron chi connectivity index (χ0n) is 16.4. The van der Waals surface area contributed by atoms with E-state index in [1.54, 1.807) is 32.5 Å². The number of amides is 1. The predicted molar refractivity (Wildman–Crippen MR) is 109 cm³/mol. The highest BCUT2D eigenvalue weighted by molar-refractivity contribution is 5.93. The Morgan fingerprint density at radius 1 is 1.14 bits per heavy atom. The predicted octanol–water partition coefficient (Wildman–Crippen LogP) is 1.45. The van der Waals surface area contributed by atoms with Gasteiger partial charge in [0, 0.05) is 38.6 Å². The van der Waals surface area contributed by atoms with Gasteiger partial charge in [-0.3, -0.25) is 14.8 Å². The summed E-state index contributed by atoms with van der Waals surface area (Å²) in [7, 11) is 3.32. The topological polar surface area (TPSA) is 96.9 Å². The van der Waals surface area contributed by atoms with Crippen molar-refractivity contribution in [3.8, 4) is 11.5 Å². The first-order valence-electron chi connectivity index (χ1n) is 9.06. The number of carbonyl (C=O) groups is 1. The average molecular weight is 385 g/mol. The lowest BCUT2D eigenvalue weighted by molar-refractivity contribution is 0.0954. The summed E-state index contributed by atoms with van der Waals surface area (Å²) in [4.78, 5) is 20.0. The number of guanidine groups is 1. The molecular weight excluding hydrogens is 358 g/mol. The molecule has 1 atom stereocenters. The summed E-state index contributed by atoms with van der Waals surface area (Å²) in [5, 5.41) is 9.17. The van der Waals surface area contributed by atoms with Crippen LogP contribution < -0.4 is 25.4 Å². The standard InChI is InChI=1S/C20H27N5O3/c1-15(28-18-8-4-7-17(12-18)27-3)13-25-20(21-2)24-11-10-23-19(26)16-6-5-9-22-14-16/h4-9,12,14-15H,10-11,13H2,1-3H3,(H,23,26)(H2,21,24,25). The van der Waals surface area contributed by atoms with Crippen molar-refractivity contribution in [3.05, 3.63) is 54.4 Å². The van der Waals surface area contributed by atoms with Crippen LogP contribution in [0.15, 0.2) is 53.8 Å². The maximum Gasteiger partial charge on any atom is 0.252 e.